The molecule has 0 aliphatic heterocycles. The molecule has 1 nitrogen and oxygen atoms in total. The van der Waals surface area contributed by atoms with Gasteiger partial charge >= 0.3 is 0 Å². The molecule has 0 radical (unpaired) electrons. The van der Waals surface area contributed by atoms with Crippen molar-refractivity contribution < 1.29 is 0 Å². The Hall–Kier alpha value is -7.74. The molecule has 0 amide bonds. The normalized spacial score (nSPS) is 13.8. The zero-order valence-electron chi connectivity index (χ0n) is 35.5. The van der Waals surface area contributed by atoms with Crippen LogP contribution in [0.4, 0.5) is 17.1 Å². The van der Waals surface area contributed by atoms with Crippen LogP contribution in [0.1, 0.15) is 47.2 Å². The first-order valence-electron chi connectivity index (χ1n) is 22.1. The molecule has 10 aromatic carbocycles. The van der Waals surface area contributed by atoms with Crippen molar-refractivity contribution in [3.63, 3.8) is 0 Å². The first-order chi connectivity index (χ1) is 31.0. The zero-order chi connectivity index (χ0) is 42.1. The minimum absolute atomic E-state index is 0.177. The van der Waals surface area contributed by atoms with Crippen LogP contribution in [-0.2, 0) is 10.8 Å². The van der Waals surface area contributed by atoms with E-state index in [0.717, 1.165) is 17.1 Å². The summed E-state index contributed by atoms with van der Waals surface area (Å²) >= 11 is 0. The SMILES string of the molecule is CC1(C)c2cccc(-c3ccccc3N(c3ccc4c(c3)C(c3ccccc3)(c3ccccc3)c3ccccc3-4)c3ccccc3-c3ccccc3)c2-c2ccc3ccccc3c21. The number of rotatable bonds is 7. The second-order valence-corrected chi connectivity index (χ2v) is 17.6. The van der Waals surface area contributed by atoms with Crippen LogP contribution in [0.3, 0.4) is 0 Å². The van der Waals surface area contributed by atoms with Crippen molar-refractivity contribution in [1.82, 2.24) is 0 Å². The summed E-state index contributed by atoms with van der Waals surface area (Å²) in [5, 5.41) is 2.61. The van der Waals surface area contributed by atoms with Gasteiger partial charge in [-0.25, -0.2) is 0 Å². The van der Waals surface area contributed by atoms with Crippen molar-refractivity contribution in [3.8, 4) is 44.5 Å². The van der Waals surface area contributed by atoms with Crippen LogP contribution < -0.4 is 4.90 Å². The molecule has 0 heterocycles. The van der Waals surface area contributed by atoms with Crippen LogP contribution in [0.25, 0.3) is 55.3 Å². The second kappa shape index (κ2) is 14.4. The van der Waals surface area contributed by atoms with E-state index in [-0.39, 0.29) is 5.41 Å². The topological polar surface area (TPSA) is 3.24 Å². The Morgan fingerprint density at radius 3 is 1.60 bits per heavy atom. The van der Waals surface area contributed by atoms with Crippen LogP contribution in [0.2, 0.25) is 0 Å². The molecule has 2 aliphatic carbocycles. The summed E-state index contributed by atoms with van der Waals surface area (Å²) in [4.78, 5) is 2.53. The largest absolute Gasteiger partial charge is 0.309 e. The van der Waals surface area contributed by atoms with E-state index >= 15 is 0 Å². The van der Waals surface area contributed by atoms with Gasteiger partial charge in [-0.1, -0.05) is 226 Å². The molecule has 0 aromatic heterocycles. The Morgan fingerprint density at radius 2 is 0.873 bits per heavy atom. The number of benzene rings is 10. The first-order valence-corrected chi connectivity index (χ1v) is 22.1. The molecule has 0 fully saturated rings. The molecule has 0 saturated carbocycles. The average molecular weight is 804 g/mol. The Kier molecular flexibility index (Phi) is 8.49. The molecule has 0 unspecified atom stereocenters. The molecule has 63 heavy (non-hydrogen) atoms. The first kappa shape index (κ1) is 37.1. The lowest BCUT2D eigenvalue weighted by atomic mass is 9.67. The molecule has 2 aliphatic rings. The van der Waals surface area contributed by atoms with Crippen LogP contribution >= 0.6 is 0 Å². The van der Waals surface area contributed by atoms with E-state index in [0.29, 0.717) is 0 Å². The summed E-state index contributed by atoms with van der Waals surface area (Å²) in [6.45, 7) is 4.80. The van der Waals surface area contributed by atoms with Gasteiger partial charge in [0.1, 0.15) is 0 Å². The minimum atomic E-state index is -0.535. The lowest BCUT2D eigenvalue weighted by Gasteiger charge is -2.35. The highest BCUT2D eigenvalue weighted by Crippen LogP contribution is 2.59. The van der Waals surface area contributed by atoms with Gasteiger partial charge in [-0.15, -0.1) is 0 Å². The molecular weight excluding hydrogens is 759 g/mol. The lowest BCUT2D eigenvalue weighted by Crippen LogP contribution is -2.28. The molecule has 0 spiro atoms. The molecule has 12 rings (SSSR count). The third kappa shape index (κ3) is 5.49. The molecule has 10 aromatic rings. The summed E-state index contributed by atoms with van der Waals surface area (Å²) in [6, 6.07) is 87.8. The summed E-state index contributed by atoms with van der Waals surface area (Å²) in [7, 11) is 0. The van der Waals surface area contributed by atoms with Crippen LogP contribution in [0.5, 0.6) is 0 Å². The number of anilines is 3. The van der Waals surface area contributed by atoms with E-state index in [4.69, 9.17) is 0 Å². The summed E-state index contributed by atoms with van der Waals surface area (Å²) in [6.07, 6.45) is 0. The molecular formula is C62H45N. The third-order valence-corrected chi connectivity index (χ3v) is 13.9. The Bertz CT molecular complexity index is 3320. The fourth-order valence-electron chi connectivity index (χ4n) is 11.3. The lowest BCUT2D eigenvalue weighted by molar-refractivity contribution is 0.666. The van der Waals surface area contributed by atoms with E-state index in [1.807, 2.05) is 0 Å². The van der Waals surface area contributed by atoms with Crippen molar-refractivity contribution >= 4 is 27.8 Å². The number of hydrogen-bond acceptors (Lipinski definition) is 1. The highest BCUT2D eigenvalue weighted by atomic mass is 15.1. The second-order valence-electron chi connectivity index (χ2n) is 17.6. The fourth-order valence-corrected chi connectivity index (χ4v) is 11.3. The van der Waals surface area contributed by atoms with Crippen molar-refractivity contribution in [2.24, 2.45) is 0 Å². The number of para-hydroxylation sites is 2. The van der Waals surface area contributed by atoms with Crippen molar-refractivity contribution in [2.75, 3.05) is 4.90 Å². The smallest absolute Gasteiger partial charge is 0.0714 e. The predicted molar refractivity (Wildman–Crippen MR) is 264 cm³/mol. The van der Waals surface area contributed by atoms with Crippen LogP contribution in [0, 0.1) is 0 Å². The maximum Gasteiger partial charge on any atom is 0.0714 e. The van der Waals surface area contributed by atoms with E-state index in [9.17, 15) is 0 Å². The van der Waals surface area contributed by atoms with Crippen LogP contribution in [0.15, 0.2) is 237 Å². The van der Waals surface area contributed by atoms with E-state index < -0.39 is 5.41 Å². The van der Waals surface area contributed by atoms with Gasteiger partial charge in [-0.2, -0.15) is 0 Å². The predicted octanol–water partition coefficient (Wildman–Crippen LogP) is 16.3. The minimum Gasteiger partial charge on any atom is -0.309 e. The van der Waals surface area contributed by atoms with E-state index in [1.165, 1.54) is 88.7 Å². The van der Waals surface area contributed by atoms with Crippen molar-refractivity contribution in [2.45, 2.75) is 24.7 Å². The van der Waals surface area contributed by atoms with Gasteiger partial charge < -0.3 is 4.90 Å². The van der Waals surface area contributed by atoms with Crippen molar-refractivity contribution in [3.05, 3.63) is 270 Å². The third-order valence-electron chi connectivity index (χ3n) is 13.9. The zero-order valence-corrected chi connectivity index (χ0v) is 35.5. The van der Waals surface area contributed by atoms with E-state index in [2.05, 4.69) is 255 Å². The van der Waals surface area contributed by atoms with Gasteiger partial charge in [0.15, 0.2) is 0 Å². The quantitative estimate of drug-likeness (QED) is 0.155. The molecule has 0 saturated heterocycles. The summed E-state index contributed by atoms with van der Waals surface area (Å²) < 4.78 is 0. The number of hydrogen-bond donors (Lipinski definition) is 0. The average Bonchev–Trinajstić information content (AvgIpc) is 3.78. The summed E-state index contributed by atoms with van der Waals surface area (Å²) in [5.41, 5.74) is 20.5. The molecule has 0 atom stereocenters. The Balaban J connectivity index is 1.15. The fraction of sp³-hybridized carbons (Fsp3) is 0.0645. The highest BCUT2D eigenvalue weighted by Gasteiger charge is 2.46. The molecule has 0 bridgehead atoms. The van der Waals surface area contributed by atoms with Gasteiger partial charge in [-0.05, 0) is 102 Å². The maximum absolute atomic E-state index is 2.53. The van der Waals surface area contributed by atoms with Gasteiger partial charge in [0.05, 0.1) is 16.8 Å². The van der Waals surface area contributed by atoms with Gasteiger partial charge in [0, 0.05) is 22.2 Å². The Labute approximate surface area is 370 Å². The molecule has 298 valence electrons. The number of fused-ring (bicyclic) bond motifs is 8. The van der Waals surface area contributed by atoms with Crippen molar-refractivity contribution in [1.29, 1.82) is 0 Å². The van der Waals surface area contributed by atoms with Crippen LogP contribution in [-0.4, -0.2) is 0 Å². The molecule has 0 N–H and O–H groups in total. The molecule has 1 heteroatoms. The monoisotopic (exact) mass is 803 g/mol. The highest BCUT2D eigenvalue weighted by molar-refractivity contribution is 6.04. The maximum atomic E-state index is 2.53. The van der Waals surface area contributed by atoms with Gasteiger partial charge in [0.2, 0.25) is 0 Å². The number of nitrogens with zero attached hydrogens (tertiary/aromatic N) is 1. The standard InChI is InChI=1S/C62H45N/c1-61(2)55-34-20-32-52(59(55)53-39-37-43-23-12-13-29-48(43)60(53)61)51-31-16-19-36-58(51)63(57-35-18-15-28-47(57)42-21-6-3-7-22-42)46-38-40-50-49-30-14-17-33-54(49)62(56(50)41-46,44-24-8-4-9-25-44)45-26-10-5-11-27-45/h3-41H,1-2H3. The summed E-state index contributed by atoms with van der Waals surface area (Å²) in [5.74, 6) is 0. The Morgan fingerprint density at radius 1 is 0.349 bits per heavy atom. The van der Waals surface area contributed by atoms with E-state index in [1.54, 1.807) is 0 Å². The van der Waals surface area contributed by atoms with Gasteiger partial charge in [0.25, 0.3) is 0 Å². The van der Waals surface area contributed by atoms with Gasteiger partial charge in [-0.3, -0.25) is 0 Å².